The van der Waals surface area contributed by atoms with Crippen molar-refractivity contribution in [2.24, 2.45) is 5.73 Å². The van der Waals surface area contributed by atoms with Gasteiger partial charge in [-0.2, -0.15) is 5.26 Å². The number of H-pyrrole nitrogens is 1. The van der Waals surface area contributed by atoms with Gasteiger partial charge in [0.2, 0.25) is 11.8 Å². The zero-order valence-corrected chi connectivity index (χ0v) is 17.2. The lowest BCUT2D eigenvalue weighted by Crippen LogP contribution is -2.21. The van der Waals surface area contributed by atoms with Crippen LogP contribution in [0.3, 0.4) is 0 Å². The zero-order valence-electron chi connectivity index (χ0n) is 17.2. The predicted octanol–water partition coefficient (Wildman–Crippen LogP) is 3.54. The van der Waals surface area contributed by atoms with Crippen molar-refractivity contribution in [3.05, 3.63) is 70.6 Å². The number of nitriles is 1. The Morgan fingerprint density at radius 2 is 1.97 bits per heavy atom. The summed E-state index contributed by atoms with van der Waals surface area (Å²) in [5.41, 5.74) is 10.5. The summed E-state index contributed by atoms with van der Waals surface area (Å²) in [6.07, 6.45) is 0. The highest BCUT2D eigenvalue weighted by molar-refractivity contribution is 5.72. The minimum absolute atomic E-state index is 0.00927. The fourth-order valence-electron chi connectivity index (χ4n) is 3.62. The normalized spacial score (nSPS) is 15.0. The Kier molecular flexibility index (Phi) is 5.09. The maximum absolute atomic E-state index is 11.4. The maximum atomic E-state index is 11.4. The molecule has 4 rings (SSSR count). The van der Waals surface area contributed by atoms with Crippen molar-refractivity contribution >= 4 is 5.97 Å². The lowest BCUT2D eigenvalue weighted by Gasteiger charge is -2.24. The molecule has 2 heterocycles. The Balaban J connectivity index is 1.90. The van der Waals surface area contributed by atoms with Crippen LogP contribution in [0.25, 0.3) is 11.3 Å². The third kappa shape index (κ3) is 3.57. The molecule has 1 aliphatic heterocycles. The Morgan fingerprint density at radius 3 is 2.61 bits per heavy atom. The Morgan fingerprint density at radius 1 is 1.23 bits per heavy atom. The smallest absolute Gasteiger partial charge is 0.308 e. The molecule has 0 saturated carbocycles. The van der Waals surface area contributed by atoms with Crippen LogP contribution >= 0.6 is 0 Å². The highest BCUT2D eigenvalue weighted by Crippen LogP contribution is 2.47. The van der Waals surface area contributed by atoms with Gasteiger partial charge in [0.15, 0.2) is 11.5 Å². The molecular formula is C23H20N4O4. The molecule has 156 valence electrons. The van der Waals surface area contributed by atoms with Gasteiger partial charge in [-0.3, -0.25) is 9.89 Å². The van der Waals surface area contributed by atoms with Crippen LogP contribution in [-0.4, -0.2) is 23.3 Å². The van der Waals surface area contributed by atoms with E-state index in [0.717, 1.165) is 16.8 Å². The summed E-state index contributed by atoms with van der Waals surface area (Å²) in [6, 6.07) is 15.2. The van der Waals surface area contributed by atoms with Crippen molar-refractivity contribution in [2.75, 3.05) is 7.11 Å². The van der Waals surface area contributed by atoms with Crippen LogP contribution in [-0.2, 0) is 4.79 Å². The first-order chi connectivity index (χ1) is 14.9. The van der Waals surface area contributed by atoms with Crippen molar-refractivity contribution in [3.63, 3.8) is 0 Å². The average Bonchev–Trinajstić information content (AvgIpc) is 3.16. The lowest BCUT2D eigenvalue weighted by atomic mass is 9.83. The second-order valence-electron chi connectivity index (χ2n) is 7.11. The number of carbonyl (C=O) groups is 1. The molecule has 0 aliphatic carbocycles. The lowest BCUT2D eigenvalue weighted by molar-refractivity contribution is -0.132. The molecule has 0 saturated heterocycles. The standard InChI is InChI=1S/C23H20N4O4/c1-12-4-6-14(7-5-12)21-20-19(16(11-24)22(25)31-23(20)27-26-21)15-8-9-17(30-13(2)28)18(10-15)29-3/h4-10,19H,25H2,1-3H3,(H,26,27)/t19-/m1/s1. The van der Waals surface area contributed by atoms with Gasteiger partial charge in [-0.15, -0.1) is 5.10 Å². The SMILES string of the molecule is COc1cc([C@@H]2C(C#N)=C(N)Oc3n[nH]c(-c4ccc(C)cc4)c32)ccc1OC(C)=O. The molecule has 0 amide bonds. The summed E-state index contributed by atoms with van der Waals surface area (Å²) in [4.78, 5) is 11.4. The fraction of sp³-hybridized carbons (Fsp3) is 0.174. The first-order valence-electron chi connectivity index (χ1n) is 9.52. The van der Waals surface area contributed by atoms with Crippen molar-refractivity contribution in [2.45, 2.75) is 19.8 Å². The van der Waals surface area contributed by atoms with Crippen LogP contribution in [0.1, 0.15) is 29.5 Å². The molecule has 1 aliphatic rings. The number of nitrogens with one attached hydrogen (secondary N) is 1. The molecule has 0 fully saturated rings. The van der Waals surface area contributed by atoms with E-state index >= 15 is 0 Å². The molecule has 1 aromatic heterocycles. The van der Waals surface area contributed by atoms with Gasteiger partial charge in [-0.1, -0.05) is 35.9 Å². The van der Waals surface area contributed by atoms with E-state index in [4.69, 9.17) is 19.9 Å². The van der Waals surface area contributed by atoms with Crippen molar-refractivity contribution in [1.82, 2.24) is 10.2 Å². The number of fused-ring (bicyclic) bond motifs is 1. The minimum atomic E-state index is -0.552. The third-order valence-electron chi connectivity index (χ3n) is 5.05. The van der Waals surface area contributed by atoms with Gasteiger partial charge in [0, 0.05) is 12.5 Å². The van der Waals surface area contributed by atoms with E-state index in [1.165, 1.54) is 14.0 Å². The molecule has 2 aromatic carbocycles. The number of nitrogens with two attached hydrogens (primary N) is 1. The largest absolute Gasteiger partial charge is 0.493 e. The van der Waals surface area contributed by atoms with E-state index in [0.29, 0.717) is 22.8 Å². The predicted molar refractivity (Wildman–Crippen MR) is 112 cm³/mol. The van der Waals surface area contributed by atoms with Crippen LogP contribution in [0.4, 0.5) is 0 Å². The summed E-state index contributed by atoms with van der Waals surface area (Å²) in [6.45, 7) is 3.32. The van der Waals surface area contributed by atoms with E-state index in [9.17, 15) is 10.1 Å². The van der Waals surface area contributed by atoms with E-state index in [-0.39, 0.29) is 17.2 Å². The van der Waals surface area contributed by atoms with E-state index in [2.05, 4.69) is 16.3 Å². The van der Waals surface area contributed by atoms with Crippen LogP contribution in [0.15, 0.2) is 53.9 Å². The maximum Gasteiger partial charge on any atom is 0.308 e. The molecule has 3 N–H and O–H groups in total. The van der Waals surface area contributed by atoms with E-state index < -0.39 is 11.9 Å². The van der Waals surface area contributed by atoms with Crippen molar-refractivity contribution in [3.8, 4) is 34.7 Å². The number of esters is 1. The molecule has 1 atom stereocenters. The summed E-state index contributed by atoms with van der Waals surface area (Å²) >= 11 is 0. The molecule has 8 nitrogen and oxygen atoms in total. The second kappa shape index (κ2) is 7.88. The number of carbonyl (C=O) groups excluding carboxylic acids is 1. The van der Waals surface area contributed by atoms with Crippen LogP contribution in [0.2, 0.25) is 0 Å². The summed E-state index contributed by atoms with van der Waals surface area (Å²) in [5.74, 6) is -0.0728. The second-order valence-corrected chi connectivity index (χ2v) is 7.11. The topological polar surface area (TPSA) is 123 Å². The molecular weight excluding hydrogens is 396 g/mol. The highest BCUT2D eigenvalue weighted by Gasteiger charge is 2.36. The number of allylic oxidation sites excluding steroid dienone is 1. The number of ether oxygens (including phenoxy) is 3. The number of aromatic nitrogens is 2. The number of hydrogen-bond donors (Lipinski definition) is 2. The number of aryl methyl sites for hydroxylation is 1. The number of aromatic amines is 1. The Hall–Kier alpha value is -4.25. The Labute approximate surface area is 178 Å². The van der Waals surface area contributed by atoms with Crippen molar-refractivity contribution in [1.29, 1.82) is 5.26 Å². The quantitative estimate of drug-likeness (QED) is 0.492. The number of methoxy groups -OCH3 is 1. The molecule has 0 spiro atoms. The van der Waals surface area contributed by atoms with Crippen LogP contribution in [0.5, 0.6) is 17.4 Å². The summed E-state index contributed by atoms with van der Waals surface area (Å²) in [5, 5.41) is 17.1. The minimum Gasteiger partial charge on any atom is -0.493 e. The van der Waals surface area contributed by atoms with Gasteiger partial charge in [0.25, 0.3) is 0 Å². The third-order valence-corrected chi connectivity index (χ3v) is 5.05. The van der Waals surface area contributed by atoms with Gasteiger partial charge >= 0.3 is 5.97 Å². The van der Waals surface area contributed by atoms with E-state index in [1.807, 2.05) is 31.2 Å². The number of hydrogen-bond acceptors (Lipinski definition) is 7. The van der Waals surface area contributed by atoms with Gasteiger partial charge in [-0.05, 0) is 24.6 Å². The fourth-order valence-corrected chi connectivity index (χ4v) is 3.62. The molecule has 3 aromatic rings. The first kappa shape index (κ1) is 20.0. The summed E-state index contributed by atoms with van der Waals surface area (Å²) in [7, 11) is 1.48. The number of rotatable bonds is 4. The summed E-state index contributed by atoms with van der Waals surface area (Å²) < 4.78 is 16.2. The Bertz CT molecular complexity index is 1240. The highest BCUT2D eigenvalue weighted by atomic mass is 16.6. The molecule has 0 unspecified atom stereocenters. The number of benzene rings is 2. The van der Waals surface area contributed by atoms with Gasteiger partial charge in [-0.25, -0.2) is 0 Å². The average molecular weight is 416 g/mol. The zero-order chi connectivity index (χ0) is 22.1. The number of nitrogens with zero attached hydrogens (tertiary/aromatic N) is 2. The monoisotopic (exact) mass is 416 g/mol. The first-order valence-corrected chi connectivity index (χ1v) is 9.52. The van der Waals surface area contributed by atoms with Crippen LogP contribution in [0, 0.1) is 18.3 Å². The molecule has 8 heteroatoms. The van der Waals surface area contributed by atoms with Gasteiger partial charge in [0.05, 0.1) is 24.3 Å². The molecule has 31 heavy (non-hydrogen) atoms. The van der Waals surface area contributed by atoms with E-state index in [1.54, 1.807) is 18.2 Å². The van der Waals surface area contributed by atoms with Gasteiger partial charge < -0.3 is 19.9 Å². The molecule has 0 radical (unpaired) electrons. The van der Waals surface area contributed by atoms with Crippen molar-refractivity contribution < 1.29 is 19.0 Å². The molecule has 0 bridgehead atoms. The van der Waals surface area contributed by atoms with Crippen LogP contribution < -0.4 is 19.9 Å². The van der Waals surface area contributed by atoms with Gasteiger partial charge in [0.1, 0.15) is 11.6 Å².